The van der Waals surface area contributed by atoms with Crippen LogP contribution in [0.4, 0.5) is 5.82 Å². The molecule has 184 valence electrons. The average Bonchev–Trinajstić information content (AvgIpc) is 3.32. The van der Waals surface area contributed by atoms with E-state index in [2.05, 4.69) is 26.0 Å². The van der Waals surface area contributed by atoms with Gasteiger partial charge in [0.15, 0.2) is 0 Å². The van der Waals surface area contributed by atoms with E-state index in [4.69, 9.17) is 21.4 Å². The fourth-order valence-electron chi connectivity index (χ4n) is 4.56. The maximum Gasteiger partial charge on any atom is 0.138 e. The Balaban J connectivity index is 1.35. The van der Waals surface area contributed by atoms with E-state index < -0.39 is 5.60 Å². The van der Waals surface area contributed by atoms with Crippen molar-refractivity contribution in [2.75, 3.05) is 31.2 Å². The number of ether oxygens (including phenoxy) is 1. The van der Waals surface area contributed by atoms with Crippen molar-refractivity contribution in [3.63, 3.8) is 0 Å². The minimum Gasteiger partial charge on any atom is -0.490 e. The fraction of sp³-hybridized carbons (Fsp3) is 0.308. The molecule has 0 atom stereocenters. The number of hydrogen-bond acceptors (Lipinski definition) is 8. The lowest BCUT2D eigenvalue weighted by Gasteiger charge is -2.38. The second-order valence-electron chi connectivity index (χ2n) is 8.85. The summed E-state index contributed by atoms with van der Waals surface area (Å²) < 4.78 is 7.20. The van der Waals surface area contributed by atoms with Gasteiger partial charge in [0.25, 0.3) is 0 Å². The Labute approximate surface area is 213 Å². The molecule has 1 aliphatic heterocycles. The van der Waals surface area contributed by atoms with E-state index >= 15 is 0 Å². The number of pyridine rings is 3. The highest BCUT2D eigenvalue weighted by atomic mass is 35.5. The zero-order valence-electron chi connectivity index (χ0n) is 19.5. The number of aromatic nitrogens is 4. The van der Waals surface area contributed by atoms with Gasteiger partial charge in [-0.1, -0.05) is 11.6 Å². The highest BCUT2D eigenvalue weighted by Crippen LogP contribution is 2.33. The number of rotatable bonds is 7. The maximum absolute atomic E-state index is 11.1. The van der Waals surface area contributed by atoms with Crippen molar-refractivity contribution in [2.24, 2.45) is 0 Å². The van der Waals surface area contributed by atoms with Crippen molar-refractivity contribution in [2.45, 2.75) is 24.9 Å². The van der Waals surface area contributed by atoms with E-state index in [0.717, 1.165) is 16.9 Å². The van der Waals surface area contributed by atoms with Crippen LogP contribution in [0.25, 0.3) is 16.6 Å². The summed E-state index contributed by atoms with van der Waals surface area (Å²) >= 11 is 6.24. The van der Waals surface area contributed by atoms with Crippen LogP contribution in [0, 0.1) is 11.3 Å². The molecule has 0 bridgehead atoms. The molecule has 0 spiro atoms. The lowest BCUT2D eigenvalue weighted by molar-refractivity contribution is 0.0156. The lowest BCUT2D eigenvalue weighted by Crippen LogP contribution is -2.46. The van der Waals surface area contributed by atoms with Gasteiger partial charge >= 0.3 is 0 Å². The van der Waals surface area contributed by atoms with Crippen molar-refractivity contribution in [3.8, 4) is 22.9 Å². The SMILES string of the molecule is N#Cc1cnn2cc(OCCO)cc(-c3ccc(N4CCC(O)(Cc5ncccc5Cl)CC4)nc3)c12. The number of anilines is 1. The first kappa shape index (κ1) is 24.0. The Morgan fingerprint density at radius 2 is 2.00 bits per heavy atom. The van der Waals surface area contributed by atoms with Gasteiger partial charge in [0.1, 0.15) is 24.2 Å². The minimum absolute atomic E-state index is 0.105. The van der Waals surface area contributed by atoms with E-state index in [-0.39, 0.29) is 13.2 Å². The molecular weight excluding hydrogens is 480 g/mol. The molecule has 0 aliphatic carbocycles. The number of aliphatic hydroxyl groups excluding tert-OH is 1. The number of aliphatic hydroxyl groups is 2. The van der Waals surface area contributed by atoms with Crippen molar-refractivity contribution < 1.29 is 14.9 Å². The van der Waals surface area contributed by atoms with Crippen LogP contribution in [0.15, 0.2) is 55.1 Å². The molecule has 1 saturated heterocycles. The van der Waals surface area contributed by atoms with E-state index in [1.54, 1.807) is 35.2 Å². The largest absolute Gasteiger partial charge is 0.490 e. The molecule has 9 nitrogen and oxygen atoms in total. The third-order valence-corrected chi connectivity index (χ3v) is 6.82. The van der Waals surface area contributed by atoms with Gasteiger partial charge in [0.05, 0.1) is 46.4 Å². The summed E-state index contributed by atoms with van der Waals surface area (Å²) in [5.74, 6) is 1.35. The zero-order valence-corrected chi connectivity index (χ0v) is 20.3. The van der Waals surface area contributed by atoms with Gasteiger partial charge < -0.3 is 19.8 Å². The monoisotopic (exact) mass is 504 g/mol. The van der Waals surface area contributed by atoms with Crippen molar-refractivity contribution >= 4 is 22.9 Å². The maximum atomic E-state index is 11.1. The topological polar surface area (TPSA) is 120 Å². The highest BCUT2D eigenvalue weighted by molar-refractivity contribution is 6.31. The molecule has 1 aliphatic rings. The summed E-state index contributed by atoms with van der Waals surface area (Å²) in [6.07, 6.45) is 8.24. The van der Waals surface area contributed by atoms with E-state index in [0.29, 0.717) is 59.9 Å². The quantitative estimate of drug-likeness (QED) is 0.393. The molecule has 36 heavy (non-hydrogen) atoms. The van der Waals surface area contributed by atoms with Crippen molar-refractivity contribution in [1.29, 1.82) is 5.26 Å². The van der Waals surface area contributed by atoms with Crippen LogP contribution in [0.1, 0.15) is 24.1 Å². The molecule has 4 aromatic heterocycles. The van der Waals surface area contributed by atoms with Crippen LogP contribution in [0.2, 0.25) is 5.02 Å². The molecule has 2 N–H and O–H groups in total. The third-order valence-electron chi connectivity index (χ3n) is 6.48. The van der Waals surface area contributed by atoms with Crippen LogP contribution < -0.4 is 9.64 Å². The molecule has 0 amide bonds. The summed E-state index contributed by atoms with van der Waals surface area (Å²) in [6, 6.07) is 11.5. The lowest BCUT2D eigenvalue weighted by atomic mass is 9.87. The second-order valence-corrected chi connectivity index (χ2v) is 9.26. The zero-order chi connectivity index (χ0) is 25.1. The van der Waals surface area contributed by atoms with Gasteiger partial charge in [-0.3, -0.25) is 4.98 Å². The van der Waals surface area contributed by atoms with Gasteiger partial charge in [-0.2, -0.15) is 10.4 Å². The number of halogens is 1. The Morgan fingerprint density at radius 1 is 1.17 bits per heavy atom. The van der Waals surface area contributed by atoms with E-state index in [9.17, 15) is 10.4 Å². The van der Waals surface area contributed by atoms with Gasteiger partial charge in [-0.25, -0.2) is 9.50 Å². The fourth-order valence-corrected chi connectivity index (χ4v) is 4.75. The van der Waals surface area contributed by atoms with Crippen LogP contribution in [0.3, 0.4) is 0 Å². The minimum atomic E-state index is -0.856. The first-order valence-electron chi connectivity index (χ1n) is 11.7. The van der Waals surface area contributed by atoms with Gasteiger partial charge in [0, 0.05) is 43.0 Å². The van der Waals surface area contributed by atoms with Crippen LogP contribution in [0.5, 0.6) is 5.75 Å². The summed E-state index contributed by atoms with van der Waals surface area (Å²) in [6.45, 7) is 1.36. The smallest absolute Gasteiger partial charge is 0.138 e. The highest BCUT2D eigenvalue weighted by Gasteiger charge is 2.34. The second kappa shape index (κ2) is 10.1. The van der Waals surface area contributed by atoms with Gasteiger partial charge in [-0.15, -0.1) is 0 Å². The predicted octanol–water partition coefficient (Wildman–Crippen LogP) is 3.26. The average molecular weight is 505 g/mol. The van der Waals surface area contributed by atoms with Crippen LogP contribution in [-0.2, 0) is 6.42 Å². The Kier molecular flexibility index (Phi) is 6.74. The number of fused-ring (bicyclic) bond motifs is 1. The van der Waals surface area contributed by atoms with Crippen LogP contribution in [-0.4, -0.2) is 61.7 Å². The molecule has 1 fully saturated rings. The number of piperidine rings is 1. The van der Waals surface area contributed by atoms with E-state index in [1.807, 2.05) is 18.2 Å². The molecule has 5 rings (SSSR count). The van der Waals surface area contributed by atoms with Crippen molar-refractivity contribution in [1.82, 2.24) is 19.6 Å². The number of nitriles is 1. The first-order valence-corrected chi connectivity index (χ1v) is 12.1. The normalized spacial score (nSPS) is 15.1. The van der Waals surface area contributed by atoms with Crippen molar-refractivity contribution in [3.05, 3.63) is 71.4 Å². The summed E-state index contributed by atoms with van der Waals surface area (Å²) in [5, 5.41) is 34.6. The molecule has 4 aromatic rings. The molecule has 0 saturated carbocycles. The summed E-state index contributed by atoms with van der Waals surface area (Å²) in [7, 11) is 0. The van der Waals surface area contributed by atoms with Crippen LogP contribution >= 0.6 is 11.6 Å². The number of hydrogen-bond donors (Lipinski definition) is 2. The van der Waals surface area contributed by atoms with E-state index in [1.165, 1.54) is 6.20 Å². The molecule has 0 aromatic carbocycles. The van der Waals surface area contributed by atoms with Gasteiger partial charge in [-0.05, 0) is 43.2 Å². The Morgan fingerprint density at radius 3 is 2.69 bits per heavy atom. The summed E-state index contributed by atoms with van der Waals surface area (Å²) in [5.41, 5.74) is 2.55. The summed E-state index contributed by atoms with van der Waals surface area (Å²) in [4.78, 5) is 11.1. The molecule has 5 heterocycles. The molecule has 0 unspecified atom stereocenters. The molecule has 0 radical (unpaired) electrons. The number of nitrogens with zero attached hydrogens (tertiary/aromatic N) is 6. The Bertz CT molecular complexity index is 1410. The predicted molar refractivity (Wildman–Crippen MR) is 135 cm³/mol. The Hall–Kier alpha value is -3.71. The molecule has 10 heteroatoms. The third kappa shape index (κ3) is 4.84. The van der Waals surface area contributed by atoms with Gasteiger partial charge in [0.2, 0.25) is 0 Å². The molecular formula is C26H25ClN6O3. The standard InChI is InChI=1S/C26H25ClN6O3/c27-22-2-1-7-29-23(22)13-26(35)5-8-32(9-6-26)24-4-3-18(15-30-24)21-12-20(36-11-10-34)17-33-25(21)19(14-28)16-31-33/h1-4,7,12,15-17,34-35H,5-6,8-11,13H2. The first-order chi connectivity index (χ1) is 17.5.